The minimum atomic E-state index is -4.33. The molecule has 0 bridgehead atoms. The molecule has 0 aromatic heterocycles. The molecule has 0 aliphatic heterocycles. The van der Waals surface area contributed by atoms with Crippen LogP contribution in [0.15, 0.2) is 108 Å². The first kappa shape index (κ1) is 35.2. The standard InChI is InChI=1S/C37H42FN3O5S/c1-5-28(4)39-37(43)35(24-29-12-8-7-9-13-29)40(25-30-14-10-11-27(3)23-30)36(42)26-41(32-17-15-31(38)16-18-32)47(44,45)34-21-19-33(20-22-34)46-6-2/h7-23,28,35H,5-6,24-26H2,1-4H3,(H,39,43)/t28-,35-/m1/s1. The predicted molar refractivity (Wildman–Crippen MR) is 182 cm³/mol. The van der Waals surface area contributed by atoms with Crippen molar-refractivity contribution in [1.82, 2.24) is 10.2 Å². The van der Waals surface area contributed by atoms with Crippen LogP contribution in [0.3, 0.4) is 0 Å². The van der Waals surface area contributed by atoms with Crippen LogP contribution in [-0.4, -0.2) is 50.4 Å². The lowest BCUT2D eigenvalue weighted by atomic mass is 10.0. The number of anilines is 1. The van der Waals surface area contributed by atoms with Gasteiger partial charge in [0.05, 0.1) is 17.2 Å². The van der Waals surface area contributed by atoms with Gasteiger partial charge in [0.15, 0.2) is 0 Å². The zero-order valence-electron chi connectivity index (χ0n) is 27.2. The number of nitrogens with one attached hydrogen (secondary N) is 1. The quantitative estimate of drug-likeness (QED) is 0.162. The molecule has 0 radical (unpaired) electrons. The number of sulfonamides is 1. The number of halogens is 1. The molecule has 0 heterocycles. The molecule has 0 spiro atoms. The smallest absolute Gasteiger partial charge is 0.264 e. The number of ether oxygens (including phenoxy) is 1. The van der Waals surface area contributed by atoms with Gasteiger partial charge in [-0.3, -0.25) is 13.9 Å². The Balaban J connectivity index is 1.80. The average molecular weight is 660 g/mol. The van der Waals surface area contributed by atoms with E-state index >= 15 is 0 Å². The Hall–Kier alpha value is -4.70. The van der Waals surface area contributed by atoms with Gasteiger partial charge in [-0.25, -0.2) is 12.8 Å². The fourth-order valence-corrected chi connectivity index (χ4v) is 6.55. The molecule has 1 N–H and O–H groups in total. The summed E-state index contributed by atoms with van der Waals surface area (Å²) in [6.45, 7) is 7.45. The van der Waals surface area contributed by atoms with E-state index in [9.17, 15) is 22.4 Å². The Morgan fingerprint density at radius 3 is 2.15 bits per heavy atom. The Labute approximate surface area is 277 Å². The number of hydrogen-bond acceptors (Lipinski definition) is 5. The van der Waals surface area contributed by atoms with Crippen molar-refractivity contribution in [1.29, 1.82) is 0 Å². The first-order valence-electron chi connectivity index (χ1n) is 15.7. The van der Waals surface area contributed by atoms with Crippen LogP contribution in [0.5, 0.6) is 5.75 Å². The maximum atomic E-state index is 14.5. The van der Waals surface area contributed by atoms with Crippen molar-refractivity contribution in [2.45, 2.75) is 64.1 Å². The Morgan fingerprint density at radius 2 is 1.53 bits per heavy atom. The van der Waals surface area contributed by atoms with E-state index < -0.39 is 34.3 Å². The molecule has 4 aromatic rings. The van der Waals surface area contributed by atoms with E-state index in [0.29, 0.717) is 18.8 Å². The summed E-state index contributed by atoms with van der Waals surface area (Å²) < 4.78 is 48.8. The Bertz CT molecular complexity index is 1730. The second-order valence-corrected chi connectivity index (χ2v) is 13.3. The normalized spacial score (nSPS) is 12.5. The second kappa shape index (κ2) is 16.2. The summed E-state index contributed by atoms with van der Waals surface area (Å²) in [5.41, 5.74) is 2.71. The van der Waals surface area contributed by atoms with Gasteiger partial charge >= 0.3 is 0 Å². The number of aryl methyl sites for hydroxylation is 1. The largest absolute Gasteiger partial charge is 0.494 e. The maximum absolute atomic E-state index is 14.5. The molecule has 10 heteroatoms. The molecule has 8 nitrogen and oxygen atoms in total. The summed E-state index contributed by atoms with van der Waals surface area (Å²) in [6, 6.07) is 26.7. The van der Waals surface area contributed by atoms with Crippen LogP contribution in [0.2, 0.25) is 0 Å². The van der Waals surface area contributed by atoms with Gasteiger partial charge < -0.3 is 15.0 Å². The number of hydrogen-bond donors (Lipinski definition) is 1. The van der Waals surface area contributed by atoms with Gasteiger partial charge in [-0.1, -0.05) is 67.1 Å². The Morgan fingerprint density at radius 1 is 0.872 bits per heavy atom. The zero-order chi connectivity index (χ0) is 34.0. The van der Waals surface area contributed by atoms with Crippen LogP contribution in [0.25, 0.3) is 0 Å². The van der Waals surface area contributed by atoms with E-state index in [1.807, 2.05) is 82.3 Å². The fraction of sp³-hybridized carbons (Fsp3) is 0.297. The first-order valence-corrected chi connectivity index (χ1v) is 17.2. The number of benzene rings is 4. The number of amides is 2. The summed E-state index contributed by atoms with van der Waals surface area (Å²) in [5, 5.41) is 3.03. The summed E-state index contributed by atoms with van der Waals surface area (Å²) in [4.78, 5) is 29.8. The monoisotopic (exact) mass is 659 g/mol. The molecule has 2 amide bonds. The highest BCUT2D eigenvalue weighted by molar-refractivity contribution is 7.92. The molecular formula is C37H42FN3O5S. The van der Waals surface area contributed by atoms with Gasteiger partial charge in [0.1, 0.15) is 24.2 Å². The number of carbonyl (C=O) groups excluding carboxylic acids is 2. The molecular weight excluding hydrogens is 617 g/mol. The highest BCUT2D eigenvalue weighted by atomic mass is 32.2. The number of rotatable bonds is 15. The lowest BCUT2D eigenvalue weighted by molar-refractivity contribution is -0.140. The van der Waals surface area contributed by atoms with Crippen molar-refractivity contribution in [3.05, 3.63) is 126 Å². The molecule has 248 valence electrons. The van der Waals surface area contributed by atoms with Crippen LogP contribution >= 0.6 is 0 Å². The highest BCUT2D eigenvalue weighted by Crippen LogP contribution is 2.27. The molecule has 0 saturated heterocycles. The zero-order valence-corrected chi connectivity index (χ0v) is 28.0. The maximum Gasteiger partial charge on any atom is 0.264 e. The van der Waals surface area contributed by atoms with E-state index in [1.54, 1.807) is 12.1 Å². The van der Waals surface area contributed by atoms with Crippen LogP contribution in [0.1, 0.15) is 43.9 Å². The Kier molecular flexibility index (Phi) is 12.1. The van der Waals surface area contributed by atoms with Gasteiger partial charge in [0, 0.05) is 19.0 Å². The van der Waals surface area contributed by atoms with Gasteiger partial charge in [0.2, 0.25) is 11.8 Å². The van der Waals surface area contributed by atoms with Gasteiger partial charge in [0.25, 0.3) is 10.0 Å². The van der Waals surface area contributed by atoms with Gasteiger partial charge in [-0.05, 0) is 86.8 Å². The number of carbonyl (C=O) groups is 2. The van der Waals surface area contributed by atoms with E-state index in [-0.39, 0.29) is 35.5 Å². The van der Waals surface area contributed by atoms with Crippen molar-refractivity contribution in [3.63, 3.8) is 0 Å². The van der Waals surface area contributed by atoms with E-state index in [2.05, 4.69) is 5.32 Å². The average Bonchev–Trinajstić information content (AvgIpc) is 3.06. The highest BCUT2D eigenvalue weighted by Gasteiger charge is 2.35. The van der Waals surface area contributed by atoms with E-state index in [4.69, 9.17) is 4.74 Å². The van der Waals surface area contributed by atoms with Crippen LogP contribution in [0.4, 0.5) is 10.1 Å². The molecule has 47 heavy (non-hydrogen) atoms. The van der Waals surface area contributed by atoms with Crippen molar-refractivity contribution in [2.75, 3.05) is 17.5 Å². The molecule has 0 aliphatic carbocycles. The fourth-order valence-electron chi connectivity index (χ4n) is 5.14. The van der Waals surface area contributed by atoms with E-state index in [1.165, 1.54) is 29.2 Å². The third-order valence-electron chi connectivity index (χ3n) is 7.82. The summed E-state index contributed by atoms with van der Waals surface area (Å²) >= 11 is 0. The SMILES string of the molecule is CCOc1ccc(S(=O)(=O)N(CC(=O)N(Cc2cccc(C)c2)[C@H](Cc2ccccc2)C(=O)N[C@H](C)CC)c2ccc(F)cc2)cc1. The van der Waals surface area contributed by atoms with Crippen molar-refractivity contribution in [3.8, 4) is 5.75 Å². The van der Waals surface area contributed by atoms with Crippen LogP contribution < -0.4 is 14.4 Å². The molecule has 0 fully saturated rings. The van der Waals surface area contributed by atoms with Gasteiger partial charge in [-0.15, -0.1) is 0 Å². The lowest BCUT2D eigenvalue weighted by Gasteiger charge is -2.34. The molecule has 4 aromatic carbocycles. The third-order valence-corrected chi connectivity index (χ3v) is 9.61. The minimum Gasteiger partial charge on any atom is -0.494 e. The summed E-state index contributed by atoms with van der Waals surface area (Å²) in [6.07, 6.45) is 0.900. The molecule has 0 aliphatic rings. The van der Waals surface area contributed by atoms with Crippen LogP contribution in [0, 0.1) is 12.7 Å². The van der Waals surface area contributed by atoms with Gasteiger partial charge in [-0.2, -0.15) is 0 Å². The minimum absolute atomic E-state index is 0.0618. The second-order valence-electron chi connectivity index (χ2n) is 11.4. The van der Waals surface area contributed by atoms with E-state index in [0.717, 1.165) is 33.1 Å². The van der Waals surface area contributed by atoms with Crippen molar-refractivity contribution >= 4 is 27.5 Å². The topological polar surface area (TPSA) is 96.0 Å². The number of nitrogens with zero attached hydrogens (tertiary/aromatic N) is 2. The van der Waals surface area contributed by atoms with Crippen LogP contribution in [-0.2, 0) is 32.6 Å². The first-order chi connectivity index (χ1) is 22.5. The van der Waals surface area contributed by atoms with Crippen molar-refractivity contribution in [2.24, 2.45) is 0 Å². The molecule has 0 saturated carbocycles. The summed E-state index contributed by atoms with van der Waals surface area (Å²) in [5.74, 6) is -0.988. The summed E-state index contributed by atoms with van der Waals surface area (Å²) in [7, 11) is -4.33. The lowest BCUT2D eigenvalue weighted by Crippen LogP contribution is -2.54. The molecule has 4 rings (SSSR count). The molecule has 2 atom stereocenters. The predicted octanol–water partition coefficient (Wildman–Crippen LogP) is 6.28. The molecule has 0 unspecified atom stereocenters. The van der Waals surface area contributed by atoms with Crippen molar-refractivity contribution < 1.29 is 27.1 Å². The third kappa shape index (κ3) is 9.42.